The van der Waals surface area contributed by atoms with E-state index in [0.29, 0.717) is 11.5 Å². The predicted molar refractivity (Wildman–Crippen MR) is 89.2 cm³/mol. The molecule has 1 N–H and O–H groups in total. The summed E-state index contributed by atoms with van der Waals surface area (Å²) in [7, 11) is 8.45. The number of hydrogen-bond acceptors (Lipinski definition) is 5. The molecule has 1 aliphatic carbocycles. The van der Waals surface area contributed by atoms with E-state index in [-0.39, 0.29) is 0 Å². The van der Waals surface area contributed by atoms with Crippen LogP contribution in [0.3, 0.4) is 0 Å². The normalized spacial score (nSPS) is 17.0. The first kappa shape index (κ1) is 16.0. The summed E-state index contributed by atoms with van der Waals surface area (Å²) in [5.74, 6) is 2.38. The van der Waals surface area contributed by atoms with Gasteiger partial charge in [-0.3, -0.25) is 0 Å². The third-order valence-electron chi connectivity index (χ3n) is 4.80. The Balaban J connectivity index is 2.29. The molecule has 5 nitrogen and oxygen atoms in total. The smallest absolute Gasteiger partial charge is 0.137 e. The van der Waals surface area contributed by atoms with E-state index in [2.05, 4.69) is 60.1 Å². The van der Waals surface area contributed by atoms with Crippen molar-refractivity contribution in [1.29, 1.82) is 0 Å². The third-order valence-corrected chi connectivity index (χ3v) is 4.80. The number of likely N-dealkylation sites (N-methyl/N-ethyl adjacent to an activating group) is 2. The summed E-state index contributed by atoms with van der Waals surface area (Å²) in [6.07, 6.45) is 5.53. The zero-order chi connectivity index (χ0) is 15.6. The maximum absolute atomic E-state index is 4.57. The van der Waals surface area contributed by atoms with E-state index in [1.54, 1.807) is 6.33 Å². The summed E-state index contributed by atoms with van der Waals surface area (Å²) >= 11 is 0. The topological polar surface area (TPSA) is 44.3 Å². The largest absolute Gasteiger partial charge is 0.373 e. The van der Waals surface area contributed by atoms with E-state index in [0.717, 1.165) is 18.2 Å². The molecule has 0 aliphatic heterocycles. The highest BCUT2D eigenvalue weighted by molar-refractivity contribution is 5.60. The van der Waals surface area contributed by atoms with Crippen molar-refractivity contribution < 1.29 is 0 Å². The summed E-state index contributed by atoms with van der Waals surface area (Å²) in [6, 6.07) is 0. The molecule has 1 fully saturated rings. The molecule has 1 aromatic rings. The lowest BCUT2D eigenvalue weighted by Crippen LogP contribution is -2.57. The molecule has 0 spiro atoms. The molecule has 1 saturated carbocycles. The van der Waals surface area contributed by atoms with Crippen molar-refractivity contribution in [2.24, 2.45) is 0 Å². The fraction of sp³-hybridized carbons (Fsp3) is 0.750. The van der Waals surface area contributed by atoms with Gasteiger partial charge in [0.05, 0.1) is 0 Å². The molecule has 5 heteroatoms. The van der Waals surface area contributed by atoms with Crippen LogP contribution in [0.1, 0.15) is 44.6 Å². The van der Waals surface area contributed by atoms with Crippen molar-refractivity contribution in [2.45, 2.75) is 44.6 Å². The minimum absolute atomic E-state index is 0.299. The van der Waals surface area contributed by atoms with Gasteiger partial charge in [0, 0.05) is 31.7 Å². The van der Waals surface area contributed by atoms with Crippen LogP contribution in [0, 0.1) is 0 Å². The Labute approximate surface area is 128 Å². The first-order valence-electron chi connectivity index (χ1n) is 7.82. The highest BCUT2D eigenvalue weighted by Gasteiger charge is 2.40. The number of rotatable bonds is 6. The van der Waals surface area contributed by atoms with E-state index >= 15 is 0 Å². The number of anilines is 2. The van der Waals surface area contributed by atoms with E-state index in [4.69, 9.17) is 0 Å². The van der Waals surface area contributed by atoms with Gasteiger partial charge in [-0.1, -0.05) is 13.8 Å². The van der Waals surface area contributed by atoms with Crippen LogP contribution >= 0.6 is 0 Å². The average Bonchev–Trinajstić information content (AvgIpc) is 2.40. The predicted octanol–water partition coefficient (Wildman–Crippen LogP) is 2.56. The second-order valence-corrected chi connectivity index (χ2v) is 6.69. The number of nitrogens with zero attached hydrogens (tertiary/aromatic N) is 4. The summed E-state index contributed by atoms with van der Waals surface area (Å²) in [5, 5.41) is 3.20. The van der Waals surface area contributed by atoms with Gasteiger partial charge >= 0.3 is 0 Å². The summed E-state index contributed by atoms with van der Waals surface area (Å²) < 4.78 is 0. The fourth-order valence-corrected chi connectivity index (χ4v) is 3.27. The van der Waals surface area contributed by atoms with Gasteiger partial charge in [0.25, 0.3) is 0 Å². The Kier molecular flexibility index (Phi) is 4.71. The lowest BCUT2D eigenvalue weighted by Gasteiger charge is -2.49. The van der Waals surface area contributed by atoms with Crippen molar-refractivity contribution in [1.82, 2.24) is 14.9 Å². The molecule has 1 aromatic heterocycles. The lowest BCUT2D eigenvalue weighted by molar-refractivity contribution is 0.0681. The second-order valence-electron chi connectivity index (χ2n) is 6.69. The van der Waals surface area contributed by atoms with Crippen LogP contribution in [0.5, 0.6) is 0 Å². The van der Waals surface area contributed by atoms with Crippen LogP contribution in [0.4, 0.5) is 11.6 Å². The Morgan fingerprint density at radius 2 is 1.90 bits per heavy atom. The zero-order valence-electron chi connectivity index (χ0n) is 14.3. The van der Waals surface area contributed by atoms with Gasteiger partial charge in [0.1, 0.15) is 18.0 Å². The molecule has 1 aliphatic rings. The molecule has 0 bridgehead atoms. The van der Waals surface area contributed by atoms with Crippen LogP contribution in [0.2, 0.25) is 0 Å². The van der Waals surface area contributed by atoms with Gasteiger partial charge in [-0.15, -0.1) is 0 Å². The highest BCUT2D eigenvalue weighted by atomic mass is 15.3. The van der Waals surface area contributed by atoms with Gasteiger partial charge < -0.3 is 15.1 Å². The van der Waals surface area contributed by atoms with Crippen molar-refractivity contribution in [2.75, 3.05) is 45.0 Å². The summed E-state index contributed by atoms with van der Waals surface area (Å²) in [6.45, 7) is 5.41. The van der Waals surface area contributed by atoms with Crippen LogP contribution in [-0.2, 0) is 0 Å². The highest BCUT2D eigenvalue weighted by Crippen LogP contribution is 2.38. The number of hydrogen-bond donors (Lipinski definition) is 1. The molecule has 1 heterocycles. The molecule has 0 saturated heterocycles. The van der Waals surface area contributed by atoms with Crippen LogP contribution in [0.15, 0.2) is 6.33 Å². The molecular formula is C16H29N5. The molecule has 2 rings (SSSR count). The third kappa shape index (κ3) is 2.98. The van der Waals surface area contributed by atoms with E-state index in [1.165, 1.54) is 24.8 Å². The van der Waals surface area contributed by atoms with Crippen molar-refractivity contribution in [3.05, 3.63) is 11.9 Å². The Morgan fingerprint density at radius 1 is 1.24 bits per heavy atom. The van der Waals surface area contributed by atoms with Gasteiger partial charge in [-0.25, -0.2) is 9.97 Å². The molecular weight excluding hydrogens is 262 g/mol. The zero-order valence-corrected chi connectivity index (χ0v) is 14.3. The molecule has 0 amide bonds. The Hall–Kier alpha value is -1.36. The SMILES string of the molecule is CNc1ncnc(N(C)CC2(N(C)C)CCC2)c1C(C)C. The van der Waals surface area contributed by atoms with Crippen molar-refractivity contribution in [3.8, 4) is 0 Å². The molecule has 118 valence electrons. The van der Waals surface area contributed by atoms with Gasteiger partial charge in [-0.2, -0.15) is 0 Å². The summed E-state index contributed by atoms with van der Waals surface area (Å²) in [4.78, 5) is 13.6. The maximum atomic E-state index is 4.57. The average molecular weight is 291 g/mol. The molecule has 0 aromatic carbocycles. The Morgan fingerprint density at radius 3 is 2.33 bits per heavy atom. The molecule has 21 heavy (non-hydrogen) atoms. The minimum Gasteiger partial charge on any atom is -0.373 e. The van der Waals surface area contributed by atoms with Gasteiger partial charge in [0.15, 0.2) is 0 Å². The number of nitrogens with one attached hydrogen (secondary N) is 1. The van der Waals surface area contributed by atoms with Crippen LogP contribution in [0.25, 0.3) is 0 Å². The lowest BCUT2D eigenvalue weighted by atomic mass is 9.75. The number of aromatic nitrogens is 2. The van der Waals surface area contributed by atoms with Gasteiger partial charge in [-0.05, 0) is 39.3 Å². The van der Waals surface area contributed by atoms with E-state index in [1.807, 2.05) is 7.05 Å². The van der Waals surface area contributed by atoms with Crippen LogP contribution in [-0.4, -0.2) is 55.1 Å². The van der Waals surface area contributed by atoms with Crippen molar-refractivity contribution >= 4 is 11.6 Å². The van der Waals surface area contributed by atoms with Crippen LogP contribution < -0.4 is 10.2 Å². The molecule has 0 radical (unpaired) electrons. The standard InChI is InChI=1S/C16H29N5/c1-12(2)13-14(17-3)18-11-19-15(13)21(6)10-16(20(4)5)8-7-9-16/h11-12H,7-10H2,1-6H3,(H,17,18,19). The van der Waals surface area contributed by atoms with Gasteiger partial charge in [0.2, 0.25) is 0 Å². The van der Waals surface area contributed by atoms with E-state index < -0.39 is 0 Å². The van der Waals surface area contributed by atoms with E-state index in [9.17, 15) is 0 Å². The summed E-state index contributed by atoms with van der Waals surface area (Å²) in [5.41, 5.74) is 1.50. The monoisotopic (exact) mass is 291 g/mol. The second kappa shape index (κ2) is 6.18. The minimum atomic E-state index is 0.299. The molecule has 0 atom stereocenters. The molecule has 0 unspecified atom stereocenters. The van der Waals surface area contributed by atoms with Crippen molar-refractivity contribution in [3.63, 3.8) is 0 Å². The Bertz CT molecular complexity index is 480. The maximum Gasteiger partial charge on any atom is 0.137 e. The first-order chi connectivity index (χ1) is 9.91. The fourth-order valence-electron chi connectivity index (χ4n) is 3.27. The first-order valence-corrected chi connectivity index (χ1v) is 7.82. The quantitative estimate of drug-likeness (QED) is 0.872.